The highest BCUT2D eigenvalue weighted by Crippen LogP contribution is 2.40. The number of nitro benzene ring substituents is 1. The van der Waals surface area contributed by atoms with Gasteiger partial charge in [0.1, 0.15) is 25.1 Å². The Bertz CT molecular complexity index is 1130. The lowest BCUT2D eigenvalue weighted by Crippen LogP contribution is -2.33. The van der Waals surface area contributed by atoms with Gasteiger partial charge in [-0.3, -0.25) is 10.1 Å². The molecule has 152 valence electrons. The average molecular weight is 407 g/mol. The van der Waals surface area contributed by atoms with Crippen molar-refractivity contribution in [2.24, 2.45) is 0 Å². The molecule has 1 aliphatic heterocycles. The second-order valence-corrected chi connectivity index (χ2v) is 6.38. The summed E-state index contributed by atoms with van der Waals surface area (Å²) < 4.78 is 17.2. The summed E-state index contributed by atoms with van der Waals surface area (Å²) in [5, 5.41) is 23.8. The van der Waals surface area contributed by atoms with Crippen LogP contribution >= 0.6 is 0 Å². The Morgan fingerprint density at radius 3 is 2.80 bits per heavy atom. The maximum Gasteiger partial charge on any atom is 0.333 e. The Hall–Kier alpha value is -4.14. The van der Waals surface area contributed by atoms with Crippen LogP contribution in [0.25, 0.3) is 23.5 Å². The number of hydrogen-bond acceptors (Lipinski definition) is 7. The average Bonchev–Trinajstić information content (AvgIpc) is 2.77. The van der Waals surface area contributed by atoms with E-state index < -0.39 is 4.92 Å². The van der Waals surface area contributed by atoms with E-state index in [-0.39, 0.29) is 11.5 Å². The van der Waals surface area contributed by atoms with Crippen molar-refractivity contribution in [3.63, 3.8) is 0 Å². The molecule has 2 heterocycles. The summed E-state index contributed by atoms with van der Waals surface area (Å²) in [4.78, 5) is 14.6. The molecule has 0 radical (unpaired) electrons. The second-order valence-electron chi connectivity index (χ2n) is 6.38. The van der Waals surface area contributed by atoms with Crippen molar-refractivity contribution in [1.29, 1.82) is 0 Å². The third-order valence-electron chi connectivity index (χ3n) is 4.48. The van der Waals surface area contributed by atoms with Crippen LogP contribution in [0.2, 0.25) is 0 Å². The first-order valence-corrected chi connectivity index (χ1v) is 9.06. The van der Waals surface area contributed by atoms with E-state index in [1.165, 1.54) is 24.4 Å². The normalized spacial score (nSPS) is 12.7. The quantitative estimate of drug-likeness (QED) is 0.276. The van der Waals surface area contributed by atoms with Crippen molar-refractivity contribution in [3.8, 4) is 28.6 Å². The van der Waals surface area contributed by atoms with Crippen molar-refractivity contribution in [2.45, 2.75) is 0 Å². The molecule has 0 saturated heterocycles. The predicted octanol–water partition coefficient (Wildman–Crippen LogP) is 3.24. The zero-order chi connectivity index (χ0) is 21.1. The van der Waals surface area contributed by atoms with Gasteiger partial charge in [0.15, 0.2) is 11.5 Å². The molecule has 1 aliphatic rings. The second kappa shape index (κ2) is 8.08. The van der Waals surface area contributed by atoms with Gasteiger partial charge in [-0.25, -0.2) is 4.73 Å². The highest BCUT2D eigenvalue weighted by atomic mass is 16.6. The summed E-state index contributed by atoms with van der Waals surface area (Å²) in [5.74, 6) is 1.73. The Morgan fingerprint density at radius 1 is 1.17 bits per heavy atom. The molecule has 0 fully saturated rings. The molecule has 0 unspecified atom stereocenters. The SMILES string of the molecule is COc1cc(/C=C/c2ccnc(-c3cccc([N+](=O)[O-])c3)[n+]2[O-])cc2c1OCCO2. The number of benzene rings is 2. The molecule has 30 heavy (non-hydrogen) atoms. The van der Waals surface area contributed by atoms with Gasteiger partial charge in [0, 0.05) is 18.2 Å². The number of ether oxygens (including phenoxy) is 3. The van der Waals surface area contributed by atoms with Gasteiger partial charge in [0.25, 0.3) is 5.69 Å². The highest BCUT2D eigenvalue weighted by molar-refractivity contribution is 5.71. The first kappa shape index (κ1) is 19.2. The first-order chi connectivity index (χ1) is 14.6. The highest BCUT2D eigenvalue weighted by Gasteiger charge is 2.19. The van der Waals surface area contributed by atoms with Gasteiger partial charge in [0.05, 0.1) is 17.6 Å². The summed E-state index contributed by atoms with van der Waals surface area (Å²) in [6, 6.07) is 10.9. The number of fused-ring (bicyclic) bond motifs is 1. The third kappa shape index (κ3) is 3.72. The molecular weight excluding hydrogens is 390 g/mol. The number of nitrogens with zero attached hydrogens (tertiary/aromatic N) is 3. The molecule has 2 aromatic carbocycles. The van der Waals surface area contributed by atoms with E-state index in [2.05, 4.69) is 4.98 Å². The number of hydrogen-bond donors (Lipinski definition) is 0. The lowest BCUT2D eigenvalue weighted by atomic mass is 10.1. The van der Waals surface area contributed by atoms with Crippen LogP contribution in [-0.4, -0.2) is 30.2 Å². The van der Waals surface area contributed by atoms with E-state index in [0.29, 0.717) is 46.5 Å². The molecule has 0 N–H and O–H groups in total. The number of nitro groups is 1. The summed E-state index contributed by atoms with van der Waals surface area (Å²) in [7, 11) is 1.54. The predicted molar refractivity (Wildman–Crippen MR) is 108 cm³/mol. The number of non-ortho nitro benzene ring substituents is 1. The molecular formula is C21H17N3O6. The first-order valence-electron chi connectivity index (χ1n) is 9.06. The Kier molecular flexibility index (Phi) is 5.17. The maximum absolute atomic E-state index is 12.8. The summed E-state index contributed by atoms with van der Waals surface area (Å²) >= 11 is 0. The fourth-order valence-corrected chi connectivity index (χ4v) is 3.07. The van der Waals surface area contributed by atoms with Crippen molar-refractivity contribution in [1.82, 2.24) is 4.98 Å². The van der Waals surface area contributed by atoms with Crippen LogP contribution in [0.3, 0.4) is 0 Å². The molecule has 3 aromatic rings. The molecule has 0 aliphatic carbocycles. The molecule has 0 amide bonds. The topological polar surface area (TPSA) is 111 Å². The molecule has 4 rings (SSSR count). The van der Waals surface area contributed by atoms with Gasteiger partial charge in [-0.15, -0.1) is 0 Å². The summed E-state index contributed by atoms with van der Waals surface area (Å²) in [6.45, 7) is 0.896. The Balaban J connectivity index is 1.68. The van der Waals surface area contributed by atoms with Gasteiger partial charge in [-0.2, -0.15) is 0 Å². The van der Waals surface area contributed by atoms with Crippen LogP contribution in [0, 0.1) is 15.3 Å². The molecule has 0 spiro atoms. The third-order valence-corrected chi connectivity index (χ3v) is 4.48. The van der Waals surface area contributed by atoms with Crippen molar-refractivity contribution in [3.05, 3.63) is 75.2 Å². The van der Waals surface area contributed by atoms with Gasteiger partial charge in [-0.05, 0) is 34.8 Å². The molecule has 0 atom stereocenters. The maximum atomic E-state index is 12.8. The van der Waals surface area contributed by atoms with Gasteiger partial charge in [-0.1, -0.05) is 12.1 Å². The molecule has 1 aromatic heterocycles. The standard InChI is InChI=1S/C21H17N3O6/c1-28-18-11-14(12-19-20(18)30-10-9-29-19)5-6-16-7-8-22-21(23(16)25)15-3-2-4-17(13-15)24(26)27/h2-8,11-13H,9-10H2,1H3/b6-5+. The van der Waals surface area contributed by atoms with Crippen LogP contribution in [0.1, 0.15) is 11.3 Å². The fourth-order valence-electron chi connectivity index (χ4n) is 3.07. The van der Waals surface area contributed by atoms with Crippen LogP contribution in [-0.2, 0) is 0 Å². The van der Waals surface area contributed by atoms with Gasteiger partial charge < -0.3 is 19.4 Å². The number of rotatable bonds is 5. The van der Waals surface area contributed by atoms with Crippen molar-refractivity contribution in [2.75, 3.05) is 20.3 Å². The summed E-state index contributed by atoms with van der Waals surface area (Å²) in [6.07, 6.45) is 4.84. The largest absolute Gasteiger partial charge is 0.710 e. The van der Waals surface area contributed by atoms with E-state index in [4.69, 9.17) is 14.2 Å². The van der Waals surface area contributed by atoms with E-state index >= 15 is 0 Å². The molecule has 0 bridgehead atoms. The monoisotopic (exact) mass is 407 g/mol. The zero-order valence-corrected chi connectivity index (χ0v) is 16.0. The molecule has 0 saturated carbocycles. The van der Waals surface area contributed by atoms with Crippen LogP contribution in [0.4, 0.5) is 5.69 Å². The van der Waals surface area contributed by atoms with E-state index in [1.54, 1.807) is 43.5 Å². The van der Waals surface area contributed by atoms with Crippen molar-refractivity contribution < 1.29 is 23.9 Å². The fraction of sp³-hybridized carbons (Fsp3) is 0.143. The van der Waals surface area contributed by atoms with E-state index in [9.17, 15) is 15.3 Å². The minimum absolute atomic E-state index is 0.0700. The van der Waals surface area contributed by atoms with Gasteiger partial charge in [0.2, 0.25) is 5.75 Å². The minimum Gasteiger partial charge on any atom is -0.710 e. The zero-order valence-electron chi connectivity index (χ0n) is 16.0. The lowest BCUT2D eigenvalue weighted by Gasteiger charge is -2.21. The minimum atomic E-state index is -0.516. The Morgan fingerprint density at radius 2 is 2.00 bits per heavy atom. The summed E-state index contributed by atoms with van der Waals surface area (Å²) in [5.41, 5.74) is 1.32. The number of aromatic nitrogens is 2. The number of methoxy groups -OCH3 is 1. The van der Waals surface area contributed by atoms with Crippen molar-refractivity contribution >= 4 is 17.8 Å². The van der Waals surface area contributed by atoms with Crippen LogP contribution in [0.5, 0.6) is 17.2 Å². The smallest absolute Gasteiger partial charge is 0.333 e. The van der Waals surface area contributed by atoms with Crippen LogP contribution < -0.4 is 18.9 Å². The van der Waals surface area contributed by atoms with Gasteiger partial charge >= 0.3 is 5.82 Å². The molecule has 9 heteroatoms. The van der Waals surface area contributed by atoms with E-state index in [0.717, 1.165) is 5.56 Å². The molecule has 9 nitrogen and oxygen atoms in total. The van der Waals surface area contributed by atoms with Crippen LogP contribution in [0.15, 0.2) is 48.7 Å². The van der Waals surface area contributed by atoms with E-state index in [1.807, 2.05) is 0 Å². The Labute approximate surface area is 171 Å². The lowest BCUT2D eigenvalue weighted by molar-refractivity contribution is -0.598.